The van der Waals surface area contributed by atoms with Crippen molar-refractivity contribution in [2.45, 2.75) is 24.0 Å². The van der Waals surface area contributed by atoms with Crippen molar-refractivity contribution in [2.75, 3.05) is 0 Å². The molecule has 0 fully saturated rings. The maximum atomic E-state index is 15.8. The first kappa shape index (κ1) is 22.6. The van der Waals surface area contributed by atoms with Crippen molar-refractivity contribution in [2.24, 2.45) is 0 Å². The van der Waals surface area contributed by atoms with Crippen LogP contribution in [0.5, 0.6) is 5.75 Å². The van der Waals surface area contributed by atoms with Crippen LogP contribution in [-0.4, -0.2) is 20.1 Å². The summed E-state index contributed by atoms with van der Waals surface area (Å²) in [4.78, 5) is 25.7. The molecule has 0 amide bonds. The highest BCUT2D eigenvalue weighted by Crippen LogP contribution is 2.67. The summed E-state index contributed by atoms with van der Waals surface area (Å²) in [5, 5.41) is 12.9. The van der Waals surface area contributed by atoms with E-state index in [0.29, 0.717) is 16.8 Å². The van der Waals surface area contributed by atoms with Crippen molar-refractivity contribution in [1.29, 1.82) is 0 Å². The van der Waals surface area contributed by atoms with Crippen molar-refractivity contribution < 1.29 is 14.2 Å². The summed E-state index contributed by atoms with van der Waals surface area (Å²) in [6.07, 6.45) is 0. The molecule has 0 radical (unpaired) electrons. The molecule has 186 valence electrons. The lowest BCUT2D eigenvalue weighted by Gasteiger charge is -2.39. The number of aryl methyl sites for hydroxylation is 1. The van der Waals surface area contributed by atoms with Gasteiger partial charge in [-0.25, -0.2) is 9.97 Å². The molecule has 1 aliphatic heterocycles. The van der Waals surface area contributed by atoms with Gasteiger partial charge in [0.1, 0.15) is 11.6 Å². The molecule has 3 atom stereocenters. The lowest BCUT2D eigenvalue weighted by atomic mass is 9.70. The molecule has 2 aromatic heterocycles. The number of nitrogens with one attached hydrogen (secondary N) is 1. The van der Waals surface area contributed by atoms with Crippen LogP contribution in [0.25, 0.3) is 11.4 Å². The van der Waals surface area contributed by atoms with Crippen LogP contribution < -0.4 is 10.3 Å². The third-order valence-electron chi connectivity index (χ3n) is 7.61. The number of aliphatic hydroxyl groups is 1. The fraction of sp³-hybridized carbons (Fsp3) is 0.129. The fourth-order valence-electron chi connectivity index (χ4n) is 6.14. The SMILES string of the molecule is Cc1cc2c(c(F)n1)[C@]1(O)c3nc(-c4ccccc4)[nH]c(=O)c3[C@@H](c3ccccc3)[C@]1(c1ccccc1)O2. The van der Waals surface area contributed by atoms with Crippen molar-refractivity contribution in [3.8, 4) is 17.1 Å². The van der Waals surface area contributed by atoms with Crippen molar-refractivity contribution in [3.63, 3.8) is 0 Å². The molecule has 7 heteroatoms. The van der Waals surface area contributed by atoms with Crippen molar-refractivity contribution in [3.05, 3.63) is 147 Å². The minimum atomic E-state index is -2.15. The number of pyridine rings is 1. The predicted octanol–water partition coefficient (Wildman–Crippen LogP) is 4.95. The van der Waals surface area contributed by atoms with Gasteiger partial charge in [0, 0.05) is 22.9 Å². The molecule has 5 aromatic rings. The van der Waals surface area contributed by atoms with Crippen LogP contribution in [0.1, 0.15) is 39.6 Å². The van der Waals surface area contributed by atoms with Gasteiger partial charge in [0.25, 0.3) is 5.56 Å². The molecule has 38 heavy (non-hydrogen) atoms. The summed E-state index contributed by atoms with van der Waals surface area (Å²) in [6, 6.07) is 29.3. The van der Waals surface area contributed by atoms with Gasteiger partial charge in [-0.3, -0.25) is 4.79 Å². The molecule has 0 saturated heterocycles. The zero-order valence-electron chi connectivity index (χ0n) is 20.4. The van der Waals surface area contributed by atoms with Gasteiger partial charge >= 0.3 is 0 Å². The standard InChI is InChI=1S/C31H22FN3O3/c1-18-17-22-25(27(32)33-18)30(37)26-23(29(36)35-28(34-26)20-13-7-3-8-14-20)24(19-11-5-2-6-12-19)31(30,38-22)21-15-9-4-10-16-21/h2-17,24,37H,1H3,(H,34,35,36)/t24-,30+,31+/m1/s1. The summed E-state index contributed by atoms with van der Waals surface area (Å²) >= 11 is 0. The van der Waals surface area contributed by atoms with Crippen LogP contribution in [0.15, 0.2) is 102 Å². The van der Waals surface area contributed by atoms with Crippen molar-refractivity contribution in [1.82, 2.24) is 15.0 Å². The number of hydrogen-bond donors (Lipinski definition) is 2. The van der Waals surface area contributed by atoms with Gasteiger partial charge in [0.15, 0.2) is 11.2 Å². The first-order valence-electron chi connectivity index (χ1n) is 12.3. The Kier molecular flexibility index (Phi) is 4.71. The third-order valence-corrected chi connectivity index (χ3v) is 7.61. The number of H-pyrrole nitrogens is 1. The molecule has 2 aliphatic rings. The molecule has 0 bridgehead atoms. The van der Waals surface area contributed by atoms with Gasteiger partial charge in [0.05, 0.1) is 22.7 Å². The Morgan fingerprint density at radius 2 is 1.55 bits per heavy atom. The largest absolute Gasteiger partial charge is 0.477 e. The maximum absolute atomic E-state index is 15.8. The molecule has 3 aromatic carbocycles. The lowest BCUT2D eigenvalue weighted by molar-refractivity contribution is -0.0915. The highest BCUT2D eigenvalue weighted by molar-refractivity contribution is 5.65. The van der Waals surface area contributed by atoms with Crippen LogP contribution in [0.4, 0.5) is 4.39 Å². The molecule has 6 nitrogen and oxygen atoms in total. The van der Waals surface area contributed by atoms with E-state index in [1.54, 1.807) is 13.0 Å². The summed E-state index contributed by atoms with van der Waals surface area (Å²) < 4.78 is 22.5. The second-order valence-electron chi connectivity index (χ2n) is 9.73. The molecule has 0 saturated carbocycles. The van der Waals surface area contributed by atoms with Crippen molar-refractivity contribution >= 4 is 0 Å². The Bertz CT molecular complexity index is 1760. The highest BCUT2D eigenvalue weighted by atomic mass is 19.1. The molecule has 2 N–H and O–H groups in total. The molecule has 7 rings (SSSR count). The normalized spacial score (nSPS) is 22.9. The molecule has 1 aliphatic carbocycles. The summed E-state index contributed by atoms with van der Waals surface area (Å²) in [5.74, 6) is -1.22. The first-order chi connectivity index (χ1) is 18.4. The van der Waals surface area contributed by atoms with E-state index in [4.69, 9.17) is 9.72 Å². The monoisotopic (exact) mass is 503 g/mol. The highest BCUT2D eigenvalue weighted by Gasteiger charge is 2.74. The Morgan fingerprint density at radius 1 is 0.921 bits per heavy atom. The van der Waals surface area contributed by atoms with Gasteiger partial charge in [0.2, 0.25) is 5.95 Å². The summed E-state index contributed by atoms with van der Waals surface area (Å²) in [5.41, 5.74) is -1.65. The first-order valence-corrected chi connectivity index (χ1v) is 12.3. The lowest BCUT2D eigenvalue weighted by Crippen LogP contribution is -2.49. The number of nitrogens with zero attached hydrogens (tertiary/aromatic N) is 2. The van der Waals surface area contributed by atoms with Crippen LogP contribution in [0, 0.1) is 12.9 Å². The molecule has 3 heterocycles. The van der Waals surface area contributed by atoms with E-state index in [1.165, 1.54) is 0 Å². The van der Waals surface area contributed by atoms with Crippen LogP contribution in [0.3, 0.4) is 0 Å². The summed E-state index contributed by atoms with van der Waals surface area (Å²) in [6.45, 7) is 1.67. The number of fused-ring (bicyclic) bond motifs is 5. The molecule has 0 spiro atoms. The van der Waals surface area contributed by atoms with E-state index in [2.05, 4.69) is 9.97 Å². The molecule has 0 unspecified atom stereocenters. The van der Waals surface area contributed by atoms with Gasteiger partial charge in [-0.2, -0.15) is 4.39 Å². The smallest absolute Gasteiger partial charge is 0.255 e. The Morgan fingerprint density at radius 3 is 2.24 bits per heavy atom. The van der Waals surface area contributed by atoms with Crippen LogP contribution in [0.2, 0.25) is 0 Å². The van der Waals surface area contributed by atoms with Gasteiger partial charge in [-0.1, -0.05) is 91.0 Å². The Hall–Kier alpha value is -4.62. The van der Waals surface area contributed by atoms with Gasteiger partial charge in [-0.15, -0.1) is 0 Å². The average molecular weight is 504 g/mol. The summed E-state index contributed by atoms with van der Waals surface area (Å²) in [7, 11) is 0. The Labute approximate surface area is 217 Å². The Balaban J connectivity index is 1.65. The predicted molar refractivity (Wildman–Crippen MR) is 139 cm³/mol. The number of rotatable bonds is 3. The minimum absolute atomic E-state index is 0.0566. The third kappa shape index (κ3) is 2.82. The minimum Gasteiger partial charge on any atom is -0.477 e. The van der Waals surface area contributed by atoms with E-state index >= 15 is 4.39 Å². The topological polar surface area (TPSA) is 88.1 Å². The second kappa shape index (κ2) is 7.94. The number of aromatic amines is 1. The number of aromatic nitrogens is 3. The van der Waals surface area contributed by atoms with E-state index in [0.717, 1.165) is 5.56 Å². The number of ether oxygens (including phenoxy) is 1. The van der Waals surface area contributed by atoms with Crippen LogP contribution in [-0.2, 0) is 11.2 Å². The van der Waals surface area contributed by atoms with E-state index in [-0.39, 0.29) is 28.4 Å². The van der Waals surface area contributed by atoms with E-state index in [9.17, 15) is 9.90 Å². The number of hydrogen-bond acceptors (Lipinski definition) is 5. The number of benzene rings is 3. The maximum Gasteiger partial charge on any atom is 0.255 e. The molecular weight excluding hydrogens is 481 g/mol. The van der Waals surface area contributed by atoms with Crippen LogP contribution >= 0.6 is 0 Å². The zero-order chi connectivity index (χ0) is 26.1. The second-order valence-corrected chi connectivity index (χ2v) is 9.73. The fourth-order valence-corrected chi connectivity index (χ4v) is 6.14. The molecular formula is C31H22FN3O3. The van der Waals surface area contributed by atoms with E-state index in [1.807, 2.05) is 91.0 Å². The van der Waals surface area contributed by atoms with E-state index < -0.39 is 28.6 Å². The van der Waals surface area contributed by atoms with Gasteiger partial charge in [-0.05, 0) is 12.5 Å². The van der Waals surface area contributed by atoms with Gasteiger partial charge < -0.3 is 14.8 Å². The average Bonchev–Trinajstić information content (AvgIpc) is 3.33. The quantitative estimate of drug-likeness (QED) is 0.340. The zero-order valence-corrected chi connectivity index (χ0v) is 20.4. The number of halogens is 1.